The molecule has 0 bridgehead atoms. The first-order chi connectivity index (χ1) is 17.1. The third kappa shape index (κ3) is 4.57. The van der Waals surface area contributed by atoms with E-state index < -0.39 is 41.0 Å². The third-order valence-corrected chi connectivity index (χ3v) is 6.41. The van der Waals surface area contributed by atoms with E-state index in [1.807, 2.05) is 0 Å². The smallest absolute Gasteiger partial charge is 0.341 e. The van der Waals surface area contributed by atoms with E-state index >= 15 is 0 Å². The Balaban J connectivity index is 1.24. The van der Waals surface area contributed by atoms with Crippen molar-refractivity contribution in [3.8, 4) is 0 Å². The lowest BCUT2D eigenvalue weighted by Crippen LogP contribution is -2.61. The second-order valence-corrected chi connectivity index (χ2v) is 9.38. The number of benzene rings is 1. The number of rotatable bonds is 3. The van der Waals surface area contributed by atoms with E-state index in [0.29, 0.717) is 25.1 Å². The summed E-state index contributed by atoms with van der Waals surface area (Å²) in [6.07, 6.45) is 2.80. The van der Waals surface area contributed by atoms with Gasteiger partial charge in [-0.15, -0.1) is 0 Å². The first-order valence-electron chi connectivity index (χ1n) is 11.5. The van der Waals surface area contributed by atoms with Gasteiger partial charge in [0.1, 0.15) is 11.6 Å². The summed E-state index contributed by atoms with van der Waals surface area (Å²) >= 11 is 0. The number of aromatic nitrogens is 2. The zero-order chi connectivity index (χ0) is 25.6. The zero-order valence-corrected chi connectivity index (χ0v) is 19.4. The van der Waals surface area contributed by atoms with Crippen LogP contribution in [0.15, 0.2) is 29.5 Å². The van der Waals surface area contributed by atoms with Crippen LogP contribution in [0.5, 0.6) is 0 Å². The molecule has 13 heteroatoms. The van der Waals surface area contributed by atoms with Crippen molar-refractivity contribution >= 4 is 24.1 Å². The summed E-state index contributed by atoms with van der Waals surface area (Å²) in [5.41, 5.74) is -1.05. The molecule has 36 heavy (non-hydrogen) atoms. The van der Waals surface area contributed by atoms with E-state index in [4.69, 9.17) is 0 Å². The van der Waals surface area contributed by atoms with Gasteiger partial charge in [0, 0.05) is 44.9 Å². The van der Waals surface area contributed by atoms with Crippen LogP contribution >= 0.6 is 0 Å². The molecular weight excluding hydrogens is 479 g/mol. The molecular formula is C23H24F3N7O3. The van der Waals surface area contributed by atoms with Crippen LogP contribution in [0.3, 0.4) is 0 Å². The molecule has 0 saturated carbocycles. The van der Waals surface area contributed by atoms with E-state index in [-0.39, 0.29) is 37.8 Å². The van der Waals surface area contributed by atoms with E-state index in [0.717, 1.165) is 12.3 Å². The van der Waals surface area contributed by atoms with Crippen LogP contribution < -0.4 is 4.90 Å². The van der Waals surface area contributed by atoms with Crippen LogP contribution in [-0.4, -0.2) is 92.9 Å². The number of carbonyl (C=O) groups is 2. The number of hydrazone groups is 1. The largest absolute Gasteiger partial charge is 0.386 e. The van der Waals surface area contributed by atoms with Gasteiger partial charge in [-0.3, -0.25) is 4.79 Å². The highest BCUT2D eigenvalue weighted by Gasteiger charge is 2.41. The molecule has 2 saturated heterocycles. The molecule has 10 nitrogen and oxygen atoms in total. The Morgan fingerprint density at radius 3 is 2.33 bits per heavy atom. The number of β-amino-alcohol motifs (C(OH)–C–C–N with tert-alkyl or cyclic N) is 1. The van der Waals surface area contributed by atoms with Crippen LogP contribution in [0.25, 0.3) is 0 Å². The number of hydrogen-bond acceptors (Lipinski definition) is 7. The van der Waals surface area contributed by atoms with E-state index in [2.05, 4.69) is 15.1 Å². The molecule has 0 spiro atoms. The Hall–Kier alpha value is -3.74. The third-order valence-electron chi connectivity index (χ3n) is 6.41. The first kappa shape index (κ1) is 24.0. The summed E-state index contributed by atoms with van der Waals surface area (Å²) in [5.74, 6) is -2.77. The minimum Gasteiger partial charge on any atom is -0.386 e. The number of amides is 3. The highest BCUT2D eigenvalue weighted by atomic mass is 19.1. The minimum atomic E-state index is -0.994. The van der Waals surface area contributed by atoms with Crippen molar-refractivity contribution in [3.05, 3.63) is 53.1 Å². The molecule has 1 atom stereocenters. The Morgan fingerprint density at radius 1 is 1.03 bits per heavy atom. The summed E-state index contributed by atoms with van der Waals surface area (Å²) in [7, 11) is 0. The predicted octanol–water partition coefficient (Wildman–Crippen LogP) is 1.78. The topological polar surface area (TPSA) is 105 Å². The average molecular weight is 503 g/mol. The second-order valence-electron chi connectivity index (χ2n) is 9.38. The molecule has 3 aliphatic heterocycles. The molecule has 1 N–H and O–H groups in total. The number of carbonyl (C=O) groups excluding carboxylic acids is 2. The molecule has 0 radical (unpaired) electrons. The van der Waals surface area contributed by atoms with Crippen molar-refractivity contribution in [2.24, 2.45) is 5.10 Å². The maximum atomic E-state index is 14.3. The van der Waals surface area contributed by atoms with Gasteiger partial charge in [-0.25, -0.2) is 32.9 Å². The monoisotopic (exact) mass is 503 g/mol. The second kappa shape index (κ2) is 9.04. The first-order valence-corrected chi connectivity index (χ1v) is 11.5. The van der Waals surface area contributed by atoms with Gasteiger partial charge in [0.2, 0.25) is 5.95 Å². The van der Waals surface area contributed by atoms with E-state index in [9.17, 15) is 27.9 Å². The predicted molar refractivity (Wildman–Crippen MR) is 122 cm³/mol. The van der Waals surface area contributed by atoms with Crippen LogP contribution in [0.1, 0.15) is 35.4 Å². The molecule has 1 aromatic heterocycles. The Bertz CT molecular complexity index is 1210. The Kier molecular flexibility index (Phi) is 6.02. The lowest BCUT2D eigenvalue weighted by Gasteiger charge is -2.43. The van der Waals surface area contributed by atoms with Crippen molar-refractivity contribution in [1.82, 2.24) is 24.8 Å². The fraction of sp³-hybridized carbons (Fsp3) is 0.435. The Morgan fingerprint density at radius 2 is 1.69 bits per heavy atom. The van der Waals surface area contributed by atoms with Gasteiger partial charge >= 0.3 is 6.03 Å². The summed E-state index contributed by atoms with van der Waals surface area (Å²) in [6, 6.07) is 2.13. The van der Waals surface area contributed by atoms with Crippen molar-refractivity contribution in [1.29, 1.82) is 0 Å². The molecule has 5 rings (SSSR count). The fourth-order valence-electron chi connectivity index (χ4n) is 4.62. The fourth-order valence-corrected chi connectivity index (χ4v) is 4.62. The van der Waals surface area contributed by atoms with Crippen LogP contribution in [0.4, 0.5) is 23.9 Å². The van der Waals surface area contributed by atoms with Crippen molar-refractivity contribution in [2.75, 3.05) is 44.2 Å². The van der Waals surface area contributed by atoms with Crippen molar-refractivity contribution < 1.29 is 27.9 Å². The van der Waals surface area contributed by atoms with Gasteiger partial charge in [0.25, 0.3) is 5.91 Å². The van der Waals surface area contributed by atoms with E-state index in [1.165, 1.54) is 28.3 Å². The lowest BCUT2D eigenvalue weighted by atomic mass is 9.96. The SMILES string of the molecule is CC1(O)CN(C(=O)c2nc(N3CCN(C(=O)N4N=CC[C@H]4c4cc(F)cc(F)c4)CC3)ncc2F)C1. The number of likely N-dealkylation sites (tertiary alicyclic amines) is 1. The normalized spacial score (nSPS) is 21.1. The summed E-state index contributed by atoms with van der Waals surface area (Å²) in [4.78, 5) is 38.5. The molecule has 190 valence electrons. The maximum Gasteiger partial charge on any atom is 0.341 e. The zero-order valence-electron chi connectivity index (χ0n) is 19.4. The molecule has 0 aliphatic carbocycles. The summed E-state index contributed by atoms with van der Waals surface area (Å²) < 4.78 is 41.7. The average Bonchev–Trinajstić information content (AvgIpc) is 3.31. The highest BCUT2D eigenvalue weighted by molar-refractivity contribution is 5.93. The number of hydrogen-bond donors (Lipinski definition) is 1. The summed E-state index contributed by atoms with van der Waals surface area (Å²) in [5, 5.41) is 15.2. The number of aliphatic hydroxyl groups is 1. The van der Waals surface area contributed by atoms with Gasteiger partial charge < -0.3 is 19.8 Å². The van der Waals surface area contributed by atoms with Crippen LogP contribution in [-0.2, 0) is 0 Å². The van der Waals surface area contributed by atoms with Crippen LogP contribution in [0.2, 0.25) is 0 Å². The standard InChI is InChI=1S/C23H24F3N7O3/c1-23(36)12-32(13-23)20(34)19-17(26)11-27-21(29-19)30-4-6-31(7-5-30)22(35)33-18(2-3-28-33)14-8-15(24)10-16(25)9-14/h3,8-11,18,36H,2,4-7,12-13H2,1H3/t18-/m0/s1. The van der Waals surface area contributed by atoms with E-state index in [1.54, 1.807) is 16.7 Å². The number of halogens is 3. The molecule has 2 aromatic rings. The van der Waals surface area contributed by atoms with Gasteiger partial charge in [-0.2, -0.15) is 5.10 Å². The van der Waals surface area contributed by atoms with Gasteiger partial charge in [-0.1, -0.05) is 0 Å². The number of piperazine rings is 1. The number of urea groups is 1. The molecule has 3 amide bonds. The van der Waals surface area contributed by atoms with Gasteiger partial charge in [-0.05, 0) is 24.6 Å². The maximum absolute atomic E-state index is 14.3. The lowest BCUT2D eigenvalue weighted by molar-refractivity contribution is -0.0672. The highest BCUT2D eigenvalue weighted by Crippen LogP contribution is 2.30. The number of anilines is 1. The molecule has 3 aliphatic rings. The molecule has 4 heterocycles. The number of nitrogens with zero attached hydrogens (tertiary/aromatic N) is 7. The summed E-state index contributed by atoms with van der Waals surface area (Å²) in [6.45, 7) is 2.95. The quantitative estimate of drug-likeness (QED) is 0.685. The minimum absolute atomic E-state index is 0.0909. The van der Waals surface area contributed by atoms with Crippen LogP contribution in [0, 0.1) is 17.5 Å². The Labute approximate surface area is 204 Å². The van der Waals surface area contributed by atoms with Gasteiger partial charge in [0.05, 0.1) is 30.9 Å². The molecule has 0 unspecified atom stereocenters. The van der Waals surface area contributed by atoms with Gasteiger partial charge in [0.15, 0.2) is 11.5 Å². The molecule has 2 fully saturated rings. The van der Waals surface area contributed by atoms with Crippen molar-refractivity contribution in [3.63, 3.8) is 0 Å². The molecule has 1 aromatic carbocycles. The van der Waals surface area contributed by atoms with Crippen molar-refractivity contribution in [2.45, 2.75) is 25.0 Å².